The van der Waals surface area contributed by atoms with E-state index in [1.165, 1.54) is 38.5 Å². The Morgan fingerprint density at radius 3 is 2.07 bits per heavy atom. The topological polar surface area (TPSA) is 92.7 Å². The molecule has 0 heterocycles. The van der Waals surface area contributed by atoms with Crippen molar-refractivity contribution < 1.29 is 37.7 Å². The van der Waals surface area contributed by atoms with Gasteiger partial charge in [0.2, 0.25) is 5.91 Å². The summed E-state index contributed by atoms with van der Waals surface area (Å²) in [6, 6.07) is -1.76. The van der Waals surface area contributed by atoms with E-state index >= 15 is 0 Å². The number of rotatable bonds is 3. The first-order valence-electron chi connectivity index (χ1n) is 16.6. The zero-order chi connectivity index (χ0) is 33.3. The Balaban J connectivity index is 0.000000382. The molecule has 5 aliphatic carbocycles. The average molecular weight is 626 g/mol. The number of hydrogen-bond acceptors (Lipinski definition) is 5. The Bertz CT molecular complexity index is 1210. The molecule has 8 atom stereocenters. The smallest absolute Gasteiger partial charge is 0.345 e. The van der Waals surface area contributed by atoms with Crippen molar-refractivity contribution in [1.82, 2.24) is 5.32 Å². The lowest BCUT2D eigenvalue weighted by molar-refractivity contribution is -0.250. The molecule has 4 saturated carbocycles. The van der Waals surface area contributed by atoms with Crippen LogP contribution in [0, 0.1) is 50.7 Å². The molecule has 2 N–H and O–H groups in total. The minimum Gasteiger partial charge on any atom is -0.345 e. The van der Waals surface area contributed by atoms with Crippen molar-refractivity contribution in [3.63, 3.8) is 0 Å². The number of allylic oxidation sites excluding steroid dienone is 1. The summed E-state index contributed by atoms with van der Waals surface area (Å²) in [5.74, 6) is 0.555. The van der Waals surface area contributed by atoms with Crippen LogP contribution in [-0.2, 0) is 19.3 Å². The van der Waals surface area contributed by atoms with E-state index in [9.17, 15) is 32.8 Å². The summed E-state index contributed by atoms with van der Waals surface area (Å²) in [4.78, 5) is 40.9. The maximum atomic E-state index is 13.3. The summed E-state index contributed by atoms with van der Waals surface area (Å²) < 4.78 is 34.8. The van der Waals surface area contributed by atoms with Gasteiger partial charge in [-0.25, -0.2) is 4.79 Å². The first kappa shape index (κ1) is 35.0. The highest BCUT2D eigenvalue weighted by molar-refractivity contribution is 6.05. The molecule has 0 aromatic rings. The summed E-state index contributed by atoms with van der Waals surface area (Å²) in [6.45, 7) is 18.8. The van der Waals surface area contributed by atoms with Crippen LogP contribution in [0.25, 0.3) is 0 Å². The highest BCUT2D eigenvalue weighted by Gasteiger charge is 2.70. The first-order valence-corrected chi connectivity index (χ1v) is 16.6. The van der Waals surface area contributed by atoms with Gasteiger partial charge >= 0.3 is 12.1 Å². The lowest BCUT2D eigenvalue weighted by Gasteiger charge is -2.71. The number of carbonyl (C=O) groups excluding carboxylic acids is 3. The summed E-state index contributed by atoms with van der Waals surface area (Å²) in [6.07, 6.45) is 6.12. The zero-order valence-electron chi connectivity index (χ0n) is 28.2. The molecule has 0 radical (unpaired) electrons. The fraction of sp³-hybridized carbons (Fsp3) is 0.857. The van der Waals surface area contributed by atoms with Crippen LogP contribution >= 0.6 is 0 Å². The summed E-state index contributed by atoms with van der Waals surface area (Å²) in [5, 5.41) is 11.2. The lowest BCUT2D eigenvalue weighted by atomic mass is 9.33. The molecule has 44 heavy (non-hydrogen) atoms. The molecule has 0 saturated heterocycles. The maximum Gasteiger partial charge on any atom is 0.408 e. The minimum atomic E-state index is -4.34. The van der Waals surface area contributed by atoms with Gasteiger partial charge in [-0.2, -0.15) is 18.4 Å². The second-order valence-corrected chi connectivity index (χ2v) is 16.5. The number of carbonyl (C=O) groups is 3. The molecule has 5 rings (SSSR count). The highest BCUT2D eigenvalue weighted by Crippen LogP contribution is 2.76. The van der Waals surface area contributed by atoms with Gasteiger partial charge in [0.1, 0.15) is 11.5 Å². The van der Waals surface area contributed by atoms with Gasteiger partial charge in [-0.15, -0.1) is 0 Å². The highest BCUT2D eigenvalue weighted by atomic mass is 19.4. The quantitative estimate of drug-likeness (QED) is 0.243. The molecule has 6 nitrogen and oxygen atoms in total. The van der Waals surface area contributed by atoms with E-state index in [0.717, 1.165) is 43.8 Å². The van der Waals surface area contributed by atoms with Crippen molar-refractivity contribution in [1.29, 1.82) is 0 Å². The van der Waals surface area contributed by atoms with Gasteiger partial charge in [0.25, 0.3) is 0 Å². The van der Waals surface area contributed by atoms with E-state index in [1.807, 2.05) is 0 Å². The Hall–Kier alpha value is -1.90. The van der Waals surface area contributed by atoms with Gasteiger partial charge in [0.15, 0.2) is 5.78 Å². The molecule has 1 amide bonds. The van der Waals surface area contributed by atoms with Crippen molar-refractivity contribution in [2.24, 2.45) is 50.7 Å². The number of nitrogens with one attached hydrogen (secondary N) is 1. The second-order valence-electron chi connectivity index (χ2n) is 16.5. The number of halogens is 3. The number of alkyl halides is 3. The molecular formula is C35H54F3NO5. The lowest BCUT2D eigenvalue weighted by Crippen LogP contribution is -2.64. The predicted molar refractivity (Wildman–Crippen MR) is 162 cm³/mol. The molecule has 5 aliphatic rings. The standard InChI is InChI=1S/C30H46O4.C5H8F3NO/c1-18(2)23-20(31)17-30(25(32)34-33)16-15-28(6)19(24(23)30)9-10-22-27(5)13-8-12-26(3,4)21(27)11-14-29(22,28)7;1-3(5(6,7)8)9-4(2)10/h18-19,21-22,33H,8-17H2,1-7H3;3H,1-2H3,(H,9,10)/t19-,21+,22-,27+,28-,29-,30-;/m1./s1. The normalized spacial score (nSPS) is 40.0. The van der Waals surface area contributed by atoms with Gasteiger partial charge < -0.3 is 10.2 Å². The van der Waals surface area contributed by atoms with E-state index in [0.29, 0.717) is 23.2 Å². The number of Topliss-reactive ketones (excluding diaryl/α,β-unsaturated/α-hetero) is 1. The van der Waals surface area contributed by atoms with Gasteiger partial charge in [-0.05, 0) is 115 Å². The third-order valence-electron chi connectivity index (χ3n) is 13.6. The van der Waals surface area contributed by atoms with Crippen LogP contribution in [0.15, 0.2) is 11.1 Å². The summed E-state index contributed by atoms with van der Waals surface area (Å²) in [7, 11) is 0. The second kappa shape index (κ2) is 11.4. The molecule has 0 spiro atoms. The maximum absolute atomic E-state index is 13.3. The van der Waals surface area contributed by atoms with Crippen molar-refractivity contribution in [3.8, 4) is 0 Å². The largest absolute Gasteiger partial charge is 0.408 e. The predicted octanol–water partition coefficient (Wildman–Crippen LogP) is 8.45. The fourth-order valence-corrected chi connectivity index (χ4v) is 11.4. The van der Waals surface area contributed by atoms with Crippen molar-refractivity contribution in [2.45, 2.75) is 139 Å². The van der Waals surface area contributed by atoms with E-state index in [4.69, 9.17) is 0 Å². The van der Waals surface area contributed by atoms with Crippen LogP contribution in [0.3, 0.4) is 0 Å². The third kappa shape index (κ3) is 5.25. The number of amides is 1. The van der Waals surface area contributed by atoms with Crippen LogP contribution in [0.4, 0.5) is 13.2 Å². The van der Waals surface area contributed by atoms with Crippen molar-refractivity contribution >= 4 is 17.7 Å². The monoisotopic (exact) mass is 625 g/mol. The Morgan fingerprint density at radius 1 is 0.909 bits per heavy atom. The number of fused-ring (bicyclic) bond motifs is 7. The molecule has 1 unspecified atom stereocenters. The zero-order valence-corrected chi connectivity index (χ0v) is 28.2. The van der Waals surface area contributed by atoms with Crippen molar-refractivity contribution in [3.05, 3.63) is 11.1 Å². The van der Waals surface area contributed by atoms with Gasteiger partial charge in [0.05, 0.1) is 0 Å². The van der Waals surface area contributed by atoms with E-state index in [1.54, 1.807) is 5.32 Å². The first-order chi connectivity index (χ1) is 20.1. The summed E-state index contributed by atoms with van der Waals surface area (Å²) in [5.41, 5.74) is 1.96. The van der Waals surface area contributed by atoms with Gasteiger partial charge in [0, 0.05) is 13.3 Å². The molecule has 9 heteroatoms. The van der Waals surface area contributed by atoms with Crippen LogP contribution in [0.2, 0.25) is 0 Å². The van der Waals surface area contributed by atoms with Crippen LogP contribution in [0.1, 0.15) is 127 Å². The molecular weight excluding hydrogens is 571 g/mol. The van der Waals surface area contributed by atoms with Gasteiger partial charge in [-0.3, -0.25) is 9.59 Å². The molecule has 0 aromatic carbocycles. The van der Waals surface area contributed by atoms with Crippen molar-refractivity contribution in [2.75, 3.05) is 0 Å². The Morgan fingerprint density at radius 2 is 1.55 bits per heavy atom. The number of ketones is 1. The molecule has 0 aromatic heterocycles. The van der Waals surface area contributed by atoms with E-state index < -0.39 is 29.5 Å². The third-order valence-corrected chi connectivity index (χ3v) is 13.6. The van der Waals surface area contributed by atoms with Gasteiger partial charge in [-0.1, -0.05) is 54.9 Å². The fourth-order valence-electron chi connectivity index (χ4n) is 11.4. The summed E-state index contributed by atoms with van der Waals surface area (Å²) >= 11 is 0. The van der Waals surface area contributed by atoms with Crippen LogP contribution in [0.5, 0.6) is 0 Å². The molecule has 0 aliphatic heterocycles. The molecule has 0 bridgehead atoms. The number of hydrogen-bond donors (Lipinski definition) is 2. The minimum absolute atomic E-state index is 0.0464. The van der Waals surface area contributed by atoms with E-state index in [2.05, 4.69) is 53.4 Å². The Kier molecular flexibility index (Phi) is 9.07. The molecule has 250 valence electrons. The Labute approximate surface area is 261 Å². The van der Waals surface area contributed by atoms with Crippen LogP contribution < -0.4 is 5.32 Å². The SMILES string of the molecule is CC(=O)NC(C)C(F)(F)F.CC(C)C1=C2[C@H]3CC[C@@H]4[C@@]5(C)CCCC(C)(C)[C@@H]5CC[C@@]4(C)[C@]3(C)CC[C@@]2(C(=O)OO)CC1=O. The van der Waals surface area contributed by atoms with E-state index in [-0.39, 0.29) is 34.9 Å². The molecule has 4 fully saturated rings. The van der Waals surface area contributed by atoms with Crippen LogP contribution in [-0.4, -0.2) is 35.1 Å². The average Bonchev–Trinajstić information content (AvgIpc) is 3.20.